The summed E-state index contributed by atoms with van der Waals surface area (Å²) in [6.45, 7) is 3.68. The predicted molar refractivity (Wildman–Crippen MR) is 77.5 cm³/mol. The van der Waals surface area contributed by atoms with Crippen molar-refractivity contribution >= 4 is 5.91 Å². The molecule has 1 aliphatic heterocycles. The first-order chi connectivity index (χ1) is 10.0. The number of rotatable bonds is 3. The monoisotopic (exact) mass is 307 g/mol. The third-order valence-corrected chi connectivity index (χ3v) is 3.17. The first-order valence-corrected chi connectivity index (χ1v) is 7.40. The Kier molecular flexibility index (Phi) is 10.5. The van der Waals surface area contributed by atoms with Crippen LogP contribution in [0.1, 0.15) is 33.1 Å². The van der Waals surface area contributed by atoms with Crippen molar-refractivity contribution < 1.29 is 29.6 Å². The van der Waals surface area contributed by atoms with Gasteiger partial charge in [-0.15, -0.1) is 0 Å². The lowest BCUT2D eigenvalue weighted by Gasteiger charge is -2.35. The van der Waals surface area contributed by atoms with Gasteiger partial charge in [0, 0.05) is 26.5 Å². The molecule has 4 unspecified atom stereocenters. The molecular weight excluding hydrogens is 278 g/mol. The minimum absolute atomic E-state index is 0.208. The molecule has 1 saturated heterocycles. The molecule has 126 valence electrons. The molecule has 0 aromatic rings. The largest absolute Gasteiger partial charge is 0.394 e. The molecule has 7 nitrogen and oxygen atoms in total. The zero-order valence-electron chi connectivity index (χ0n) is 13.3. The number of aliphatic hydroxyl groups is 3. The average molecular weight is 307 g/mol. The molecule has 0 radical (unpaired) electrons. The van der Waals surface area contributed by atoms with E-state index in [4.69, 9.17) is 14.6 Å². The van der Waals surface area contributed by atoms with Gasteiger partial charge in [0.2, 0.25) is 5.91 Å². The number of methoxy groups -OCH3 is 1. The number of carbonyl (C=O) groups is 1. The third-order valence-electron chi connectivity index (χ3n) is 3.17. The Morgan fingerprint density at radius 1 is 1.33 bits per heavy atom. The zero-order chi connectivity index (χ0) is 16.4. The Morgan fingerprint density at radius 2 is 1.90 bits per heavy atom. The number of nitrogens with one attached hydrogen (secondary N) is 1. The number of hydrogen-bond acceptors (Lipinski definition) is 6. The molecule has 21 heavy (non-hydrogen) atoms. The summed E-state index contributed by atoms with van der Waals surface area (Å²) in [4.78, 5) is 10.5. The molecule has 0 spiro atoms. The number of hydrogen-bond donors (Lipinski definition) is 4. The van der Waals surface area contributed by atoms with Crippen molar-refractivity contribution in [1.29, 1.82) is 0 Å². The van der Waals surface area contributed by atoms with Crippen molar-refractivity contribution in [1.82, 2.24) is 5.32 Å². The highest BCUT2D eigenvalue weighted by Crippen LogP contribution is 2.28. The molecule has 4 atom stereocenters. The second kappa shape index (κ2) is 10.9. The standard InChI is InChI=1S/C7H14O5.C5H9NO.C2H6/c1-11-6-2-4(9)7(10)5(3-8)12-6;1-6-5(7)4-2-3-4;1-2/h4-10H,2-3H2,1H3;4H,2-3H2,1H3,(H,6,7);1-2H3. The van der Waals surface area contributed by atoms with E-state index < -0.39 is 24.6 Å². The van der Waals surface area contributed by atoms with Crippen LogP contribution in [0.25, 0.3) is 0 Å². The van der Waals surface area contributed by atoms with E-state index in [1.54, 1.807) is 7.05 Å². The van der Waals surface area contributed by atoms with Crippen LogP contribution in [0.5, 0.6) is 0 Å². The maximum atomic E-state index is 10.5. The van der Waals surface area contributed by atoms with Crippen LogP contribution >= 0.6 is 0 Å². The Morgan fingerprint density at radius 3 is 2.24 bits per heavy atom. The maximum absolute atomic E-state index is 10.5. The fourth-order valence-corrected chi connectivity index (χ4v) is 1.77. The highest BCUT2D eigenvalue weighted by atomic mass is 16.7. The van der Waals surface area contributed by atoms with Crippen LogP contribution in [0, 0.1) is 5.92 Å². The molecule has 4 N–H and O–H groups in total. The highest BCUT2D eigenvalue weighted by molar-refractivity contribution is 5.80. The lowest BCUT2D eigenvalue weighted by Crippen LogP contribution is -2.50. The van der Waals surface area contributed by atoms with Gasteiger partial charge in [-0.1, -0.05) is 13.8 Å². The van der Waals surface area contributed by atoms with Crippen molar-refractivity contribution in [2.45, 2.75) is 57.7 Å². The number of ether oxygens (including phenoxy) is 2. The summed E-state index contributed by atoms with van der Waals surface area (Å²) in [5, 5.41) is 29.8. The molecule has 0 aromatic heterocycles. The quantitative estimate of drug-likeness (QED) is 0.566. The molecule has 2 rings (SSSR count). The van der Waals surface area contributed by atoms with Crippen molar-refractivity contribution in [2.24, 2.45) is 5.92 Å². The molecule has 2 aliphatic rings. The van der Waals surface area contributed by atoms with Gasteiger partial charge in [0.05, 0.1) is 12.7 Å². The van der Waals surface area contributed by atoms with Gasteiger partial charge in [0.1, 0.15) is 12.2 Å². The summed E-state index contributed by atoms with van der Waals surface area (Å²) < 4.78 is 9.92. The van der Waals surface area contributed by atoms with Gasteiger partial charge in [-0.2, -0.15) is 0 Å². The van der Waals surface area contributed by atoms with E-state index in [1.807, 2.05) is 13.8 Å². The van der Waals surface area contributed by atoms with Gasteiger partial charge < -0.3 is 30.1 Å². The topological polar surface area (TPSA) is 108 Å². The molecule has 1 amide bonds. The smallest absolute Gasteiger partial charge is 0.222 e. The Bertz CT molecular complexity index is 285. The van der Waals surface area contributed by atoms with Gasteiger partial charge in [-0.05, 0) is 12.8 Å². The second-order valence-electron chi connectivity index (χ2n) is 4.70. The van der Waals surface area contributed by atoms with Crippen molar-refractivity contribution in [3.05, 3.63) is 0 Å². The maximum Gasteiger partial charge on any atom is 0.222 e. The summed E-state index contributed by atoms with van der Waals surface area (Å²) >= 11 is 0. The molecule has 1 heterocycles. The molecular formula is C14H29NO6. The number of carbonyl (C=O) groups excluding carboxylic acids is 1. The lowest BCUT2D eigenvalue weighted by atomic mass is 10.0. The molecule has 0 aromatic carbocycles. The average Bonchev–Trinajstić information content (AvgIpc) is 3.36. The van der Waals surface area contributed by atoms with Gasteiger partial charge >= 0.3 is 0 Å². The van der Waals surface area contributed by atoms with Gasteiger partial charge in [0.25, 0.3) is 0 Å². The predicted octanol–water partition coefficient (Wildman–Crippen LogP) is -0.369. The Balaban J connectivity index is 0.000000377. The van der Waals surface area contributed by atoms with E-state index in [0.717, 1.165) is 12.8 Å². The normalized spacial score (nSPS) is 31.2. The summed E-state index contributed by atoms with van der Waals surface area (Å²) in [5.74, 6) is 0.574. The molecule has 2 fully saturated rings. The lowest BCUT2D eigenvalue weighted by molar-refractivity contribution is -0.248. The van der Waals surface area contributed by atoms with Crippen LogP contribution in [0.4, 0.5) is 0 Å². The van der Waals surface area contributed by atoms with Crippen LogP contribution in [-0.4, -0.2) is 66.6 Å². The SMILES string of the molecule is CC.CNC(=O)C1CC1.COC1CC(O)C(O)C(CO)O1. The molecule has 1 saturated carbocycles. The van der Waals surface area contributed by atoms with Crippen LogP contribution in [-0.2, 0) is 14.3 Å². The zero-order valence-corrected chi connectivity index (χ0v) is 13.3. The number of amides is 1. The van der Waals surface area contributed by atoms with Crippen molar-refractivity contribution in [3.63, 3.8) is 0 Å². The second-order valence-corrected chi connectivity index (χ2v) is 4.70. The minimum atomic E-state index is -1.03. The van der Waals surface area contributed by atoms with E-state index >= 15 is 0 Å². The highest BCUT2D eigenvalue weighted by Gasteiger charge is 2.36. The van der Waals surface area contributed by atoms with Crippen molar-refractivity contribution in [2.75, 3.05) is 20.8 Å². The molecule has 1 aliphatic carbocycles. The fraction of sp³-hybridized carbons (Fsp3) is 0.929. The van der Waals surface area contributed by atoms with E-state index in [2.05, 4.69) is 5.32 Å². The first-order valence-electron chi connectivity index (χ1n) is 7.40. The van der Waals surface area contributed by atoms with Gasteiger partial charge in [-0.3, -0.25) is 4.79 Å². The van der Waals surface area contributed by atoms with Crippen LogP contribution in [0.2, 0.25) is 0 Å². The van der Waals surface area contributed by atoms with Crippen LogP contribution in [0.15, 0.2) is 0 Å². The summed E-state index contributed by atoms with van der Waals surface area (Å²) in [5.41, 5.74) is 0. The van der Waals surface area contributed by atoms with Crippen LogP contribution in [0.3, 0.4) is 0 Å². The molecule has 7 heteroatoms. The van der Waals surface area contributed by atoms with E-state index in [9.17, 15) is 15.0 Å². The minimum Gasteiger partial charge on any atom is -0.394 e. The third kappa shape index (κ3) is 7.19. The first kappa shape index (κ1) is 20.3. The van der Waals surface area contributed by atoms with E-state index in [0.29, 0.717) is 5.92 Å². The van der Waals surface area contributed by atoms with Gasteiger partial charge in [0.15, 0.2) is 6.29 Å². The van der Waals surface area contributed by atoms with Crippen molar-refractivity contribution in [3.8, 4) is 0 Å². The fourth-order valence-electron chi connectivity index (χ4n) is 1.77. The summed E-state index contributed by atoms with van der Waals surface area (Å²) in [6, 6.07) is 0. The summed E-state index contributed by atoms with van der Waals surface area (Å²) in [6.07, 6.45) is -0.783. The van der Waals surface area contributed by atoms with E-state index in [1.165, 1.54) is 7.11 Å². The van der Waals surface area contributed by atoms with Gasteiger partial charge in [-0.25, -0.2) is 0 Å². The van der Waals surface area contributed by atoms with Crippen LogP contribution < -0.4 is 5.32 Å². The van der Waals surface area contributed by atoms with E-state index in [-0.39, 0.29) is 18.9 Å². The molecule has 0 bridgehead atoms. The Hall–Kier alpha value is -0.730. The summed E-state index contributed by atoms with van der Waals surface area (Å²) in [7, 11) is 3.13. The number of aliphatic hydroxyl groups excluding tert-OH is 3. The Labute approximate surface area is 126 Å².